The van der Waals surface area contributed by atoms with E-state index in [9.17, 15) is 35.1 Å². The molecule has 0 amide bonds. The summed E-state index contributed by atoms with van der Waals surface area (Å²) in [5.74, 6) is -3.78. The van der Waals surface area contributed by atoms with E-state index in [4.69, 9.17) is 10.2 Å². The maximum Gasteiger partial charge on any atom is 0.339 e. The Balaban J connectivity index is 2.91. The number of esters is 1. The minimum Gasteiger partial charge on any atom is -0.504 e. The quantitative estimate of drug-likeness (QED) is 0.161. The second-order valence-corrected chi connectivity index (χ2v) is 4.60. The first kappa shape index (κ1) is 18.6. The summed E-state index contributed by atoms with van der Waals surface area (Å²) in [7, 11) is 0. The van der Waals surface area contributed by atoms with Crippen molar-refractivity contribution in [1.29, 1.82) is 0 Å². The number of phenolic OH excluding ortho intramolecular Hbond substituents is 3. The third-order valence-electron chi connectivity index (χ3n) is 2.95. The van der Waals surface area contributed by atoms with E-state index in [0.717, 1.165) is 12.1 Å². The third kappa shape index (κ3) is 4.29. The Morgan fingerprint density at radius 1 is 1.09 bits per heavy atom. The molecule has 7 N–H and O–H groups in total. The molecule has 0 aliphatic heterocycles. The molecule has 128 valence electrons. The molecule has 0 radical (unpaired) electrons. The normalized spacial score (nSPS) is 16.2. The predicted molar refractivity (Wildman–Crippen MR) is 71.8 cm³/mol. The second-order valence-electron chi connectivity index (χ2n) is 4.60. The standard InChI is InChI=1S/C13H16O10/c14-3-8(18)11(20)12(21)9(4-15)23-13(22)5-1-6(16)10(19)7(17)2-5/h1-2,4,8-9,11-12,14,16-21H,3H2/t8-,9+,11-,12-/m1/s1. The number of ether oxygens (including phenoxy) is 1. The van der Waals surface area contributed by atoms with Crippen LogP contribution in [-0.4, -0.2) is 79.0 Å². The van der Waals surface area contributed by atoms with Gasteiger partial charge in [0.15, 0.2) is 29.6 Å². The summed E-state index contributed by atoms with van der Waals surface area (Å²) in [6.07, 6.45) is -7.68. The van der Waals surface area contributed by atoms with Crippen molar-refractivity contribution >= 4 is 12.3 Å². The lowest BCUT2D eigenvalue weighted by atomic mass is 10.0. The summed E-state index contributed by atoms with van der Waals surface area (Å²) in [5, 5.41) is 64.7. The fourth-order valence-corrected chi connectivity index (χ4v) is 1.62. The smallest absolute Gasteiger partial charge is 0.339 e. The van der Waals surface area contributed by atoms with Gasteiger partial charge in [-0.05, 0) is 12.1 Å². The molecule has 0 saturated carbocycles. The van der Waals surface area contributed by atoms with Crippen molar-refractivity contribution in [3.63, 3.8) is 0 Å². The molecule has 0 saturated heterocycles. The molecule has 0 heterocycles. The van der Waals surface area contributed by atoms with Gasteiger partial charge in [0.05, 0.1) is 12.2 Å². The number of aliphatic hydroxyl groups is 4. The zero-order valence-electron chi connectivity index (χ0n) is 11.6. The van der Waals surface area contributed by atoms with E-state index in [1.54, 1.807) is 0 Å². The van der Waals surface area contributed by atoms with Crippen LogP contribution in [0.3, 0.4) is 0 Å². The van der Waals surface area contributed by atoms with Crippen LogP contribution in [0.15, 0.2) is 12.1 Å². The van der Waals surface area contributed by atoms with Crippen molar-refractivity contribution in [2.45, 2.75) is 24.4 Å². The van der Waals surface area contributed by atoms with Gasteiger partial charge in [-0.25, -0.2) is 4.79 Å². The molecular weight excluding hydrogens is 316 g/mol. The molecule has 0 bridgehead atoms. The topological polar surface area (TPSA) is 185 Å². The molecule has 0 fully saturated rings. The van der Waals surface area contributed by atoms with E-state index in [1.165, 1.54) is 0 Å². The van der Waals surface area contributed by atoms with E-state index in [-0.39, 0.29) is 6.29 Å². The zero-order valence-corrected chi connectivity index (χ0v) is 11.6. The molecule has 1 rings (SSSR count). The van der Waals surface area contributed by atoms with Crippen LogP contribution in [0.4, 0.5) is 0 Å². The average molecular weight is 332 g/mol. The SMILES string of the molecule is O=C[C@H](OC(=O)c1cc(O)c(O)c(O)c1)[C@@H](O)[C@H](O)[C@H](O)CO. The summed E-state index contributed by atoms with van der Waals surface area (Å²) in [6, 6.07) is 1.48. The van der Waals surface area contributed by atoms with Crippen LogP contribution in [-0.2, 0) is 9.53 Å². The number of carbonyl (C=O) groups is 2. The molecule has 0 spiro atoms. The Morgan fingerprint density at radius 3 is 2.04 bits per heavy atom. The largest absolute Gasteiger partial charge is 0.504 e. The van der Waals surface area contributed by atoms with Crippen molar-refractivity contribution in [3.8, 4) is 17.2 Å². The Hall–Kier alpha value is -2.40. The van der Waals surface area contributed by atoms with Gasteiger partial charge in [0, 0.05) is 0 Å². The van der Waals surface area contributed by atoms with Crippen molar-refractivity contribution in [3.05, 3.63) is 17.7 Å². The Morgan fingerprint density at radius 2 is 1.61 bits per heavy atom. The third-order valence-corrected chi connectivity index (χ3v) is 2.95. The molecule has 0 aliphatic rings. The predicted octanol–water partition coefficient (Wildman–Crippen LogP) is -2.40. The minimum atomic E-state index is -2.03. The molecule has 23 heavy (non-hydrogen) atoms. The van der Waals surface area contributed by atoms with Crippen LogP contribution in [0.2, 0.25) is 0 Å². The first-order valence-corrected chi connectivity index (χ1v) is 6.29. The molecule has 0 unspecified atom stereocenters. The molecule has 1 aromatic carbocycles. The lowest BCUT2D eigenvalue weighted by Crippen LogP contribution is -2.48. The van der Waals surface area contributed by atoms with Crippen LogP contribution in [0.25, 0.3) is 0 Å². The highest BCUT2D eigenvalue weighted by Crippen LogP contribution is 2.35. The van der Waals surface area contributed by atoms with Crippen molar-refractivity contribution < 1.29 is 50.1 Å². The van der Waals surface area contributed by atoms with Crippen LogP contribution < -0.4 is 0 Å². The highest BCUT2D eigenvalue weighted by Gasteiger charge is 2.34. The van der Waals surface area contributed by atoms with Gasteiger partial charge >= 0.3 is 5.97 Å². The summed E-state index contributed by atoms with van der Waals surface area (Å²) in [4.78, 5) is 22.7. The first-order chi connectivity index (χ1) is 10.7. The lowest BCUT2D eigenvalue weighted by molar-refractivity contribution is -0.138. The van der Waals surface area contributed by atoms with Gasteiger partial charge in [0.2, 0.25) is 0 Å². The second kappa shape index (κ2) is 7.74. The van der Waals surface area contributed by atoms with E-state index in [0.29, 0.717) is 0 Å². The van der Waals surface area contributed by atoms with Gasteiger partial charge < -0.3 is 40.5 Å². The Kier molecular flexibility index (Phi) is 6.28. The van der Waals surface area contributed by atoms with E-state index >= 15 is 0 Å². The number of aldehydes is 1. The maximum absolute atomic E-state index is 11.8. The number of aromatic hydroxyl groups is 3. The van der Waals surface area contributed by atoms with Crippen LogP contribution in [0.1, 0.15) is 10.4 Å². The lowest BCUT2D eigenvalue weighted by Gasteiger charge is -2.25. The van der Waals surface area contributed by atoms with Crippen LogP contribution in [0.5, 0.6) is 17.2 Å². The highest BCUT2D eigenvalue weighted by molar-refractivity contribution is 5.92. The molecule has 0 aliphatic carbocycles. The van der Waals surface area contributed by atoms with Gasteiger partial charge in [-0.15, -0.1) is 0 Å². The van der Waals surface area contributed by atoms with E-state index in [1.807, 2.05) is 0 Å². The van der Waals surface area contributed by atoms with Crippen molar-refractivity contribution in [2.24, 2.45) is 0 Å². The van der Waals surface area contributed by atoms with Crippen molar-refractivity contribution in [1.82, 2.24) is 0 Å². The molecule has 10 heteroatoms. The highest BCUT2D eigenvalue weighted by atomic mass is 16.6. The first-order valence-electron chi connectivity index (χ1n) is 6.29. The minimum absolute atomic E-state index is 0.0178. The van der Waals surface area contributed by atoms with Gasteiger partial charge in [-0.2, -0.15) is 0 Å². The summed E-state index contributed by atoms with van der Waals surface area (Å²) in [6.45, 7) is -0.905. The number of benzene rings is 1. The van der Waals surface area contributed by atoms with Gasteiger partial charge in [0.1, 0.15) is 18.3 Å². The number of aliphatic hydroxyl groups excluding tert-OH is 4. The van der Waals surface area contributed by atoms with Crippen molar-refractivity contribution in [2.75, 3.05) is 6.61 Å². The van der Waals surface area contributed by atoms with Gasteiger partial charge in [0.25, 0.3) is 0 Å². The summed E-state index contributed by atoms with van der Waals surface area (Å²) >= 11 is 0. The number of hydrogen-bond acceptors (Lipinski definition) is 10. The van der Waals surface area contributed by atoms with E-state index in [2.05, 4.69) is 4.74 Å². The Labute approximate surface area is 129 Å². The summed E-state index contributed by atoms with van der Waals surface area (Å²) < 4.78 is 4.60. The van der Waals surface area contributed by atoms with E-state index < -0.39 is 59.8 Å². The van der Waals surface area contributed by atoms with Gasteiger partial charge in [-0.3, -0.25) is 4.79 Å². The number of hydrogen-bond donors (Lipinski definition) is 7. The maximum atomic E-state index is 11.8. The van der Waals surface area contributed by atoms with Crippen LogP contribution in [0, 0.1) is 0 Å². The monoisotopic (exact) mass is 332 g/mol. The number of phenols is 3. The fourth-order valence-electron chi connectivity index (χ4n) is 1.62. The number of carbonyl (C=O) groups excluding carboxylic acids is 2. The molecular formula is C13H16O10. The molecule has 0 aromatic heterocycles. The fraction of sp³-hybridized carbons (Fsp3) is 0.385. The van der Waals surface area contributed by atoms with Gasteiger partial charge in [-0.1, -0.05) is 0 Å². The summed E-state index contributed by atoms with van der Waals surface area (Å²) in [5.41, 5.74) is -0.450. The average Bonchev–Trinajstić information content (AvgIpc) is 2.54. The number of rotatable bonds is 7. The zero-order chi connectivity index (χ0) is 17.7. The molecule has 10 nitrogen and oxygen atoms in total. The van der Waals surface area contributed by atoms with Crippen LogP contribution >= 0.6 is 0 Å². The molecule has 4 atom stereocenters. The molecule has 1 aromatic rings. The Bertz CT molecular complexity index is 549.